The molecule has 0 heterocycles. The number of hydrogen-bond donors (Lipinski definition) is 0. The average Bonchev–Trinajstić information content (AvgIpc) is 1.61. The van der Waals surface area contributed by atoms with Crippen molar-refractivity contribution in [2.24, 2.45) is 0 Å². The quantitative estimate of drug-likeness (QED) is 0.374. The number of rotatable bonds is 2. The van der Waals surface area contributed by atoms with Crippen molar-refractivity contribution in [2.75, 3.05) is 0 Å². The van der Waals surface area contributed by atoms with Crippen LogP contribution in [0.4, 0.5) is 0 Å². The molecule has 0 nitrogen and oxygen atoms in total. The van der Waals surface area contributed by atoms with Crippen LogP contribution in [0.5, 0.6) is 0 Å². The van der Waals surface area contributed by atoms with E-state index in [-0.39, 0.29) is 29.6 Å². The van der Waals surface area contributed by atoms with Gasteiger partial charge in [0.05, 0.1) is 0 Å². The van der Waals surface area contributed by atoms with E-state index in [4.69, 9.17) is 0 Å². The summed E-state index contributed by atoms with van der Waals surface area (Å²) in [6.07, 6.45) is 6.77. The molecule has 0 aromatic rings. The van der Waals surface area contributed by atoms with Crippen molar-refractivity contribution >= 4 is 29.6 Å². The van der Waals surface area contributed by atoms with Gasteiger partial charge in [-0.15, -0.1) is 0 Å². The van der Waals surface area contributed by atoms with Crippen LogP contribution in [0.15, 0.2) is 12.2 Å². The van der Waals surface area contributed by atoms with Crippen molar-refractivity contribution in [1.82, 2.24) is 0 Å². The van der Waals surface area contributed by atoms with E-state index in [0.29, 0.717) is 0 Å². The van der Waals surface area contributed by atoms with E-state index in [1.165, 1.54) is 12.8 Å². The van der Waals surface area contributed by atoms with Crippen molar-refractivity contribution in [3.63, 3.8) is 0 Å². The fourth-order valence-electron chi connectivity index (χ4n) is 0.333. The van der Waals surface area contributed by atoms with Crippen LogP contribution in [0.1, 0.15) is 26.7 Å². The van der Waals surface area contributed by atoms with Crippen LogP contribution in [-0.4, -0.2) is 29.6 Å². The van der Waals surface area contributed by atoms with Crippen molar-refractivity contribution < 1.29 is 0 Å². The van der Waals surface area contributed by atoms with E-state index < -0.39 is 0 Å². The Hall–Kier alpha value is 0.740. The normalized spacial score (nSPS) is 8.86. The molecule has 0 bridgehead atoms. The van der Waals surface area contributed by atoms with E-state index in [2.05, 4.69) is 26.0 Å². The topological polar surface area (TPSA) is 0 Å². The van der Waals surface area contributed by atoms with Gasteiger partial charge in [-0.25, -0.2) is 0 Å². The molecule has 0 saturated carbocycles. The maximum atomic E-state index is 2.18. The minimum atomic E-state index is 0. The van der Waals surface area contributed by atoms with Crippen LogP contribution in [-0.2, 0) is 0 Å². The van der Waals surface area contributed by atoms with E-state index in [0.717, 1.165) is 0 Å². The third-order valence-electron chi connectivity index (χ3n) is 0.691. The molecule has 0 unspecified atom stereocenters. The summed E-state index contributed by atoms with van der Waals surface area (Å²) >= 11 is 0. The van der Waals surface area contributed by atoms with Gasteiger partial charge in [0.1, 0.15) is 0 Å². The first kappa shape index (κ1) is 10.7. The summed E-state index contributed by atoms with van der Waals surface area (Å²) in [5.41, 5.74) is 0. The van der Waals surface area contributed by atoms with Crippen LogP contribution in [0.2, 0.25) is 0 Å². The predicted octanol–water partition coefficient (Wildman–Crippen LogP) is 1.98. The van der Waals surface area contributed by atoms with Gasteiger partial charge in [-0.05, 0) is 13.3 Å². The third kappa shape index (κ3) is 10.8. The van der Waals surface area contributed by atoms with Crippen LogP contribution in [0.25, 0.3) is 0 Å². The minimum absolute atomic E-state index is 0. The summed E-state index contributed by atoms with van der Waals surface area (Å²) in [7, 11) is 0. The molecule has 0 fully saturated rings. The number of unbranched alkanes of at least 4 members (excludes halogenated alkanes) is 1. The van der Waals surface area contributed by atoms with Gasteiger partial charge in [-0.3, -0.25) is 0 Å². The van der Waals surface area contributed by atoms with Crippen LogP contribution in [0.3, 0.4) is 0 Å². The average molecular weight is 107 g/mol. The SMILES string of the molecule is CC=CCCC.[Na]. The molecule has 0 spiro atoms. The van der Waals surface area contributed by atoms with Gasteiger partial charge in [-0.2, -0.15) is 0 Å². The molecule has 1 radical (unpaired) electrons. The molecule has 0 aromatic carbocycles. The van der Waals surface area contributed by atoms with Crippen LogP contribution in [0, 0.1) is 0 Å². The maximum absolute atomic E-state index is 2.18. The summed E-state index contributed by atoms with van der Waals surface area (Å²) in [6.45, 7) is 4.23. The largest absolute Gasteiger partial charge is 0.0917 e. The Bertz CT molecular complexity index is 39.4. The Balaban J connectivity index is 0. The molecule has 37 valence electrons. The minimum Gasteiger partial charge on any atom is -0.0917 e. The fraction of sp³-hybridized carbons (Fsp3) is 0.667. The van der Waals surface area contributed by atoms with Crippen molar-refractivity contribution in [3.8, 4) is 0 Å². The molecule has 0 amide bonds. The molecule has 0 aliphatic rings. The summed E-state index contributed by atoms with van der Waals surface area (Å²) in [4.78, 5) is 0. The zero-order chi connectivity index (χ0) is 4.83. The molecular formula is C6H12Na. The molecule has 0 N–H and O–H groups in total. The second kappa shape index (κ2) is 9.88. The fourth-order valence-corrected chi connectivity index (χ4v) is 0.333. The van der Waals surface area contributed by atoms with E-state index >= 15 is 0 Å². The Morgan fingerprint density at radius 2 is 2.00 bits per heavy atom. The summed E-state index contributed by atoms with van der Waals surface area (Å²) in [5, 5.41) is 0. The van der Waals surface area contributed by atoms with E-state index in [1.54, 1.807) is 0 Å². The first-order chi connectivity index (χ1) is 2.91. The number of hydrogen-bond acceptors (Lipinski definition) is 0. The molecular weight excluding hydrogens is 95.1 g/mol. The Morgan fingerprint density at radius 1 is 1.43 bits per heavy atom. The van der Waals surface area contributed by atoms with Crippen LogP contribution >= 0.6 is 0 Å². The maximum Gasteiger partial charge on any atom is 0 e. The first-order valence-electron chi connectivity index (χ1n) is 2.53. The third-order valence-corrected chi connectivity index (χ3v) is 0.691. The van der Waals surface area contributed by atoms with Gasteiger partial charge < -0.3 is 0 Å². The zero-order valence-electron chi connectivity index (χ0n) is 5.57. The Kier molecular flexibility index (Phi) is 15.1. The molecule has 0 aliphatic heterocycles. The first-order valence-corrected chi connectivity index (χ1v) is 2.53. The van der Waals surface area contributed by atoms with Gasteiger partial charge in [-0.1, -0.05) is 25.5 Å². The summed E-state index contributed by atoms with van der Waals surface area (Å²) < 4.78 is 0. The molecule has 0 rings (SSSR count). The second-order valence-corrected chi connectivity index (χ2v) is 1.36. The smallest absolute Gasteiger partial charge is 0 e. The summed E-state index contributed by atoms with van der Waals surface area (Å²) in [6, 6.07) is 0. The van der Waals surface area contributed by atoms with Crippen LogP contribution < -0.4 is 0 Å². The zero-order valence-corrected chi connectivity index (χ0v) is 7.57. The monoisotopic (exact) mass is 107 g/mol. The van der Waals surface area contributed by atoms with Crippen molar-refractivity contribution in [2.45, 2.75) is 26.7 Å². The molecule has 0 aromatic heterocycles. The Morgan fingerprint density at radius 3 is 2.14 bits per heavy atom. The van der Waals surface area contributed by atoms with E-state index in [9.17, 15) is 0 Å². The summed E-state index contributed by atoms with van der Waals surface area (Å²) in [5.74, 6) is 0. The van der Waals surface area contributed by atoms with Crippen molar-refractivity contribution in [3.05, 3.63) is 12.2 Å². The van der Waals surface area contributed by atoms with Gasteiger partial charge >= 0.3 is 0 Å². The predicted molar refractivity (Wildman–Crippen MR) is 35.5 cm³/mol. The van der Waals surface area contributed by atoms with Gasteiger partial charge in [0.25, 0.3) is 0 Å². The molecule has 0 aliphatic carbocycles. The van der Waals surface area contributed by atoms with Crippen molar-refractivity contribution in [1.29, 1.82) is 0 Å². The molecule has 1 heteroatoms. The van der Waals surface area contributed by atoms with Gasteiger partial charge in [0.15, 0.2) is 0 Å². The molecule has 0 atom stereocenters. The Labute approximate surface area is 68.3 Å². The second-order valence-electron chi connectivity index (χ2n) is 1.36. The number of allylic oxidation sites excluding steroid dienone is 2. The van der Waals surface area contributed by atoms with E-state index in [1.807, 2.05) is 0 Å². The molecule has 0 saturated heterocycles. The molecule has 7 heavy (non-hydrogen) atoms. The van der Waals surface area contributed by atoms with Gasteiger partial charge in [0.2, 0.25) is 0 Å². The van der Waals surface area contributed by atoms with Gasteiger partial charge in [0, 0.05) is 29.6 Å². The standard InChI is InChI=1S/C6H12.Na/c1-3-5-6-4-2;/h3,5H,4,6H2,1-2H3;.